The lowest BCUT2D eigenvalue weighted by molar-refractivity contribution is -0.385. The second-order valence-corrected chi connectivity index (χ2v) is 11.4. The maximum atomic E-state index is 13.5. The number of anilines is 1. The van der Waals surface area contributed by atoms with Crippen LogP contribution in [-0.4, -0.2) is 54.5 Å². The molecule has 0 N–H and O–H groups in total. The molecule has 0 aliphatic carbocycles. The van der Waals surface area contributed by atoms with E-state index in [1.807, 2.05) is 36.4 Å². The van der Waals surface area contributed by atoms with E-state index in [0.717, 1.165) is 35.5 Å². The van der Waals surface area contributed by atoms with Crippen LogP contribution in [0, 0.1) is 17.0 Å². The number of benzene rings is 4. The number of ketones is 2. The highest BCUT2D eigenvalue weighted by Gasteiger charge is 2.27. The maximum Gasteiger partial charge on any atom is 0.332 e. The molecule has 228 valence electrons. The average molecular weight is 624 g/mol. The Balaban J connectivity index is 1.28. The Morgan fingerprint density at radius 3 is 1.96 bits per heavy atom. The molecule has 0 amide bonds. The molecule has 11 heteroatoms. The third-order valence-corrected chi connectivity index (χ3v) is 8.16. The van der Waals surface area contributed by atoms with Crippen molar-refractivity contribution >= 4 is 46.4 Å². The number of oxime groups is 1. The Morgan fingerprint density at radius 2 is 1.40 bits per heavy atom. The van der Waals surface area contributed by atoms with Gasteiger partial charge in [-0.05, 0) is 85.3 Å². The lowest BCUT2D eigenvalue weighted by atomic mass is 9.96. The Hall–Kier alpha value is -5.13. The number of rotatable bonds is 10. The average Bonchev–Trinajstić information content (AvgIpc) is 3.06. The summed E-state index contributed by atoms with van der Waals surface area (Å²) < 4.78 is 5.41. The number of Topliss-reactive ketones (excluding diaryl/α,β-unsaturated/α-hetero) is 1. The summed E-state index contributed by atoms with van der Waals surface area (Å²) in [6, 6.07) is 25.9. The summed E-state index contributed by atoms with van der Waals surface area (Å²) >= 11 is 1.44. The van der Waals surface area contributed by atoms with Crippen LogP contribution in [0.3, 0.4) is 0 Å². The predicted octanol–water partition coefficient (Wildman–Crippen LogP) is 6.27. The van der Waals surface area contributed by atoms with Gasteiger partial charge in [-0.3, -0.25) is 19.7 Å². The van der Waals surface area contributed by atoms with Crippen LogP contribution in [0.1, 0.15) is 44.3 Å². The summed E-state index contributed by atoms with van der Waals surface area (Å²) in [5, 5.41) is 15.4. The van der Waals surface area contributed by atoms with Crippen molar-refractivity contribution in [1.82, 2.24) is 0 Å². The number of aryl methyl sites for hydroxylation is 1. The number of nitrogens with zero attached hydrogens (tertiary/aromatic N) is 3. The molecular formula is C34H29N3O7S. The van der Waals surface area contributed by atoms with Crippen molar-refractivity contribution < 1.29 is 28.9 Å². The van der Waals surface area contributed by atoms with Crippen LogP contribution in [0.15, 0.2) is 106 Å². The van der Waals surface area contributed by atoms with Crippen LogP contribution in [0.2, 0.25) is 0 Å². The van der Waals surface area contributed by atoms with Gasteiger partial charge >= 0.3 is 5.97 Å². The van der Waals surface area contributed by atoms with E-state index in [2.05, 4.69) is 10.1 Å². The van der Waals surface area contributed by atoms with E-state index >= 15 is 0 Å². The Morgan fingerprint density at radius 1 is 0.844 bits per heavy atom. The first-order chi connectivity index (χ1) is 21.7. The highest BCUT2D eigenvalue weighted by atomic mass is 32.2. The van der Waals surface area contributed by atoms with Gasteiger partial charge in [-0.25, -0.2) is 4.79 Å². The standard InChI is InChI=1S/C34H29N3O7S/c1-22-4-3-5-30(37(41)42)31(22)32(35-44-23(2)38)34(40)26-10-16-29(17-11-26)45-28-14-8-25(9-15-28)33(39)24-6-12-27(13-7-24)36-18-20-43-21-19-36/h3-17H,18-21H2,1-2H3/b35-32-. The van der Waals surface area contributed by atoms with Crippen molar-refractivity contribution in [2.45, 2.75) is 23.6 Å². The van der Waals surface area contributed by atoms with Gasteiger partial charge in [-0.15, -0.1) is 0 Å². The molecule has 0 radical (unpaired) electrons. The molecular weight excluding hydrogens is 594 g/mol. The molecule has 1 aliphatic rings. The van der Waals surface area contributed by atoms with Gasteiger partial charge in [-0.2, -0.15) is 0 Å². The molecule has 0 aromatic heterocycles. The Kier molecular flexibility index (Phi) is 9.81. The topological polar surface area (TPSA) is 128 Å². The Labute approximate surface area is 263 Å². The highest BCUT2D eigenvalue weighted by molar-refractivity contribution is 7.99. The zero-order valence-corrected chi connectivity index (χ0v) is 25.4. The third kappa shape index (κ3) is 7.51. The van der Waals surface area contributed by atoms with Gasteiger partial charge in [0.15, 0.2) is 11.5 Å². The lowest BCUT2D eigenvalue weighted by Gasteiger charge is -2.28. The minimum absolute atomic E-state index is 0.0186. The van der Waals surface area contributed by atoms with Crippen LogP contribution in [-0.2, 0) is 14.4 Å². The maximum absolute atomic E-state index is 13.5. The van der Waals surface area contributed by atoms with Crippen molar-refractivity contribution in [1.29, 1.82) is 0 Å². The Bertz CT molecular complexity index is 1760. The van der Waals surface area contributed by atoms with Crippen molar-refractivity contribution in [2.75, 3.05) is 31.2 Å². The summed E-state index contributed by atoms with van der Waals surface area (Å²) in [7, 11) is 0. The first-order valence-corrected chi connectivity index (χ1v) is 14.9. The van der Waals surface area contributed by atoms with E-state index in [1.165, 1.54) is 23.9 Å². The van der Waals surface area contributed by atoms with Gasteiger partial charge in [0.05, 0.1) is 23.7 Å². The largest absolute Gasteiger partial charge is 0.378 e. The monoisotopic (exact) mass is 623 g/mol. The molecule has 45 heavy (non-hydrogen) atoms. The second kappa shape index (κ2) is 14.1. The van der Waals surface area contributed by atoms with Crippen LogP contribution < -0.4 is 4.90 Å². The molecule has 0 atom stereocenters. The van der Waals surface area contributed by atoms with Gasteiger partial charge in [0.25, 0.3) is 5.69 Å². The van der Waals surface area contributed by atoms with Crippen molar-refractivity contribution in [2.24, 2.45) is 5.16 Å². The van der Waals surface area contributed by atoms with E-state index in [9.17, 15) is 24.5 Å². The molecule has 1 aliphatic heterocycles. The van der Waals surface area contributed by atoms with Gasteiger partial charge in [-0.1, -0.05) is 29.1 Å². The van der Waals surface area contributed by atoms with Crippen molar-refractivity contribution in [3.63, 3.8) is 0 Å². The summed E-state index contributed by atoms with van der Waals surface area (Å²) in [6.45, 7) is 5.78. The molecule has 1 saturated heterocycles. The smallest absolute Gasteiger partial charge is 0.332 e. The molecule has 0 unspecified atom stereocenters. The van der Waals surface area contributed by atoms with Crippen LogP contribution in [0.5, 0.6) is 0 Å². The van der Waals surface area contributed by atoms with E-state index in [4.69, 9.17) is 9.57 Å². The zero-order chi connectivity index (χ0) is 31.9. The molecule has 4 aromatic carbocycles. The molecule has 1 fully saturated rings. The van der Waals surface area contributed by atoms with Gasteiger partial charge in [0, 0.05) is 58.2 Å². The van der Waals surface area contributed by atoms with Crippen molar-refractivity contribution in [3.8, 4) is 0 Å². The van der Waals surface area contributed by atoms with E-state index < -0.39 is 16.7 Å². The molecule has 10 nitrogen and oxygen atoms in total. The SMILES string of the molecule is CC(=O)O/N=C(\C(=O)c1ccc(Sc2ccc(C(=O)c3ccc(N4CCOCC4)cc3)cc2)cc1)c1c(C)cccc1[N+](=O)[O-]. The number of ether oxygens (including phenoxy) is 1. The fourth-order valence-corrected chi connectivity index (χ4v) is 5.67. The fraction of sp³-hybridized carbons (Fsp3) is 0.176. The number of hydrogen-bond acceptors (Lipinski definition) is 10. The van der Waals surface area contributed by atoms with Crippen LogP contribution in [0.4, 0.5) is 11.4 Å². The highest BCUT2D eigenvalue weighted by Crippen LogP contribution is 2.30. The van der Waals surface area contributed by atoms with E-state index in [-0.39, 0.29) is 28.3 Å². The fourth-order valence-electron chi connectivity index (χ4n) is 4.86. The molecule has 5 rings (SSSR count). The number of nitro groups is 1. The summed E-state index contributed by atoms with van der Waals surface area (Å²) in [6.07, 6.45) is 0. The van der Waals surface area contributed by atoms with Gasteiger partial charge in [0.2, 0.25) is 5.78 Å². The van der Waals surface area contributed by atoms with Crippen LogP contribution >= 0.6 is 11.8 Å². The van der Waals surface area contributed by atoms with Gasteiger partial charge < -0.3 is 14.5 Å². The molecule has 0 saturated carbocycles. The predicted molar refractivity (Wildman–Crippen MR) is 170 cm³/mol. The number of carbonyl (C=O) groups excluding carboxylic acids is 3. The second-order valence-electron chi connectivity index (χ2n) is 10.2. The number of morpholine rings is 1. The number of carbonyl (C=O) groups is 3. The van der Waals surface area contributed by atoms with Crippen LogP contribution in [0.25, 0.3) is 0 Å². The lowest BCUT2D eigenvalue weighted by Crippen LogP contribution is -2.36. The minimum atomic E-state index is -0.766. The normalized spacial score (nSPS) is 13.3. The molecule has 4 aromatic rings. The summed E-state index contributed by atoms with van der Waals surface area (Å²) in [5.74, 6) is -1.47. The van der Waals surface area contributed by atoms with Gasteiger partial charge in [0.1, 0.15) is 0 Å². The molecule has 0 spiro atoms. The van der Waals surface area contributed by atoms with E-state index in [1.54, 1.807) is 49.4 Å². The summed E-state index contributed by atoms with van der Waals surface area (Å²) in [4.78, 5) is 57.8. The molecule has 0 bridgehead atoms. The van der Waals surface area contributed by atoms with Crippen molar-refractivity contribution in [3.05, 3.63) is 129 Å². The quantitative estimate of drug-likeness (QED) is 0.0660. The third-order valence-electron chi connectivity index (χ3n) is 7.14. The minimum Gasteiger partial charge on any atom is -0.378 e. The number of nitro benzene ring substituents is 1. The zero-order valence-electron chi connectivity index (χ0n) is 24.6. The first-order valence-electron chi connectivity index (χ1n) is 14.1. The molecule has 1 heterocycles. The number of hydrogen-bond donors (Lipinski definition) is 0. The van der Waals surface area contributed by atoms with E-state index in [0.29, 0.717) is 29.9 Å². The summed E-state index contributed by atoms with van der Waals surface area (Å²) in [5.41, 5.74) is 2.21. The first kappa shape index (κ1) is 31.3.